The van der Waals surface area contributed by atoms with E-state index in [4.69, 9.17) is 10.1 Å². The van der Waals surface area contributed by atoms with Crippen LogP contribution in [0.2, 0.25) is 0 Å². The molecular formula is C23H23N5O5S. The molecule has 3 aromatic rings. The minimum Gasteiger partial charge on any atom is -0.497 e. The standard InChI is InChI=1S/C23H23N5O5S/c1-33-17-6-8-18(9-7-17)34(31,32)27-19-14-25-21-11-10-20(28(21)23(19)30)22(29)26-13-16-4-2-15(12-24)3-5-16/h2-9,12,14,20,24,27H,10-11,13H2,1H3,(H,26,29)/t20-/m0/s1. The summed E-state index contributed by atoms with van der Waals surface area (Å²) in [5.74, 6) is 0.569. The minimum absolute atomic E-state index is 0.0403. The number of sulfonamides is 1. The summed E-state index contributed by atoms with van der Waals surface area (Å²) in [5, 5.41) is 10.1. The Morgan fingerprint density at radius 2 is 1.91 bits per heavy atom. The number of nitrogens with one attached hydrogen (secondary N) is 3. The van der Waals surface area contributed by atoms with Crippen LogP contribution >= 0.6 is 0 Å². The maximum Gasteiger partial charge on any atom is 0.278 e. The van der Waals surface area contributed by atoms with E-state index in [1.807, 2.05) is 12.1 Å². The van der Waals surface area contributed by atoms with E-state index in [1.165, 1.54) is 48.4 Å². The van der Waals surface area contributed by atoms with Crippen LogP contribution in [0.1, 0.15) is 29.4 Å². The van der Waals surface area contributed by atoms with Crippen molar-refractivity contribution < 1.29 is 17.9 Å². The number of anilines is 1. The maximum atomic E-state index is 13.1. The summed E-state index contributed by atoms with van der Waals surface area (Å²) in [7, 11) is -2.57. The summed E-state index contributed by atoms with van der Waals surface area (Å²) in [4.78, 5) is 30.1. The predicted molar refractivity (Wildman–Crippen MR) is 126 cm³/mol. The monoisotopic (exact) mass is 481 g/mol. The van der Waals surface area contributed by atoms with E-state index < -0.39 is 21.6 Å². The molecule has 176 valence electrons. The molecule has 3 N–H and O–H groups in total. The van der Waals surface area contributed by atoms with Crippen molar-refractivity contribution >= 4 is 27.8 Å². The normalized spacial score (nSPS) is 14.8. The zero-order valence-electron chi connectivity index (χ0n) is 18.3. The number of ether oxygens (including phenoxy) is 1. The number of carbonyl (C=O) groups excluding carboxylic acids is 1. The average molecular weight is 482 g/mol. The van der Waals surface area contributed by atoms with Gasteiger partial charge in [-0.05, 0) is 41.8 Å². The molecule has 0 saturated carbocycles. The number of carbonyl (C=O) groups is 1. The molecule has 0 saturated heterocycles. The van der Waals surface area contributed by atoms with Gasteiger partial charge in [-0.25, -0.2) is 13.4 Å². The Balaban J connectivity index is 1.52. The Morgan fingerprint density at radius 1 is 1.21 bits per heavy atom. The van der Waals surface area contributed by atoms with Gasteiger partial charge in [0.15, 0.2) is 0 Å². The number of benzene rings is 2. The number of fused-ring (bicyclic) bond motifs is 1. The molecule has 1 aliphatic rings. The molecule has 4 rings (SSSR count). The predicted octanol–water partition coefficient (Wildman–Crippen LogP) is 1.85. The van der Waals surface area contributed by atoms with Crippen LogP contribution in [0.15, 0.2) is 64.4 Å². The highest BCUT2D eigenvalue weighted by Crippen LogP contribution is 2.24. The van der Waals surface area contributed by atoms with Crippen LogP contribution in [-0.2, 0) is 27.8 Å². The number of hydrogen-bond donors (Lipinski definition) is 3. The summed E-state index contributed by atoms with van der Waals surface area (Å²) in [6.45, 7) is 0.259. The number of nitrogens with zero attached hydrogens (tertiary/aromatic N) is 2. The number of aryl methyl sites for hydroxylation is 1. The minimum atomic E-state index is -4.04. The zero-order valence-corrected chi connectivity index (χ0v) is 19.1. The number of aromatic nitrogens is 2. The van der Waals surface area contributed by atoms with Gasteiger partial charge < -0.3 is 15.5 Å². The van der Waals surface area contributed by atoms with Crippen LogP contribution in [0.3, 0.4) is 0 Å². The van der Waals surface area contributed by atoms with E-state index in [9.17, 15) is 18.0 Å². The van der Waals surface area contributed by atoms with Crippen molar-refractivity contribution in [3.63, 3.8) is 0 Å². The molecule has 34 heavy (non-hydrogen) atoms. The first-order chi connectivity index (χ1) is 16.3. The van der Waals surface area contributed by atoms with E-state index in [0.29, 0.717) is 24.4 Å². The third kappa shape index (κ3) is 4.69. The van der Waals surface area contributed by atoms with Gasteiger partial charge in [-0.15, -0.1) is 0 Å². The highest BCUT2D eigenvalue weighted by atomic mass is 32.2. The van der Waals surface area contributed by atoms with E-state index in [-0.39, 0.29) is 23.0 Å². The second-order valence-electron chi connectivity index (χ2n) is 7.70. The lowest BCUT2D eigenvalue weighted by Gasteiger charge is -2.16. The van der Waals surface area contributed by atoms with Crippen molar-refractivity contribution in [1.82, 2.24) is 14.9 Å². The molecule has 0 fully saturated rings. The van der Waals surface area contributed by atoms with Gasteiger partial charge in [0.25, 0.3) is 15.6 Å². The van der Waals surface area contributed by atoms with Crippen molar-refractivity contribution in [2.45, 2.75) is 30.3 Å². The van der Waals surface area contributed by atoms with Crippen molar-refractivity contribution in [3.05, 3.63) is 82.0 Å². The molecule has 0 aliphatic carbocycles. The molecule has 10 nitrogen and oxygen atoms in total. The molecule has 1 aromatic heterocycles. The second-order valence-corrected chi connectivity index (χ2v) is 9.38. The van der Waals surface area contributed by atoms with Crippen molar-refractivity contribution in [3.8, 4) is 5.75 Å². The van der Waals surface area contributed by atoms with Gasteiger partial charge in [0.05, 0.1) is 18.2 Å². The average Bonchev–Trinajstić information content (AvgIpc) is 3.29. The largest absolute Gasteiger partial charge is 0.497 e. The Morgan fingerprint density at radius 3 is 2.56 bits per heavy atom. The molecule has 1 amide bonds. The second kappa shape index (κ2) is 9.48. The van der Waals surface area contributed by atoms with Gasteiger partial charge in [0.2, 0.25) is 5.91 Å². The first-order valence-corrected chi connectivity index (χ1v) is 11.9. The molecule has 0 spiro atoms. The molecule has 1 atom stereocenters. The highest BCUT2D eigenvalue weighted by Gasteiger charge is 2.31. The molecule has 0 unspecified atom stereocenters. The number of rotatable bonds is 8. The summed E-state index contributed by atoms with van der Waals surface area (Å²) in [5.41, 5.74) is 0.738. The summed E-state index contributed by atoms with van der Waals surface area (Å²) < 4.78 is 34.1. The Labute approximate surface area is 196 Å². The lowest BCUT2D eigenvalue weighted by atomic mass is 10.1. The first kappa shape index (κ1) is 23.2. The lowest BCUT2D eigenvalue weighted by Crippen LogP contribution is -2.36. The summed E-state index contributed by atoms with van der Waals surface area (Å²) >= 11 is 0. The molecule has 2 heterocycles. The first-order valence-electron chi connectivity index (χ1n) is 10.5. The van der Waals surface area contributed by atoms with Gasteiger partial charge in [0, 0.05) is 19.2 Å². The molecular weight excluding hydrogens is 458 g/mol. The molecule has 0 bridgehead atoms. The molecule has 1 aliphatic heterocycles. The quantitative estimate of drug-likeness (QED) is 0.419. The van der Waals surface area contributed by atoms with Crippen LogP contribution < -0.4 is 20.3 Å². The number of methoxy groups -OCH3 is 1. The van der Waals surface area contributed by atoms with Gasteiger partial charge in [-0.1, -0.05) is 24.3 Å². The van der Waals surface area contributed by atoms with Crippen LogP contribution in [0.5, 0.6) is 5.75 Å². The Bertz CT molecular complexity index is 1380. The third-order valence-corrected chi connectivity index (χ3v) is 6.93. The van der Waals surface area contributed by atoms with E-state index >= 15 is 0 Å². The topological polar surface area (TPSA) is 143 Å². The van der Waals surface area contributed by atoms with Gasteiger partial charge in [0.1, 0.15) is 23.3 Å². The number of amides is 1. The smallest absolute Gasteiger partial charge is 0.278 e. The third-order valence-electron chi connectivity index (χ3n) is 5.55. The van der Waals surface area contributed by atoms with Crippen LogP contribution in [0, 0.1) is 5.41 Å². The fourth-order valence-corrected chi connectivity index (χ4v) is 4.76. The fraction of sp³-hybridized carbons (Fsp3) is 0.217. The van der Waals surface area contributed by atoms with Crippen molar-refractivity contribution in [2.24, 2.45) is 0 Å². The molecule has 2 aromatic carbocycles. The zero-order chi connectivity index (χ0) is 24.3. The van der Waals surface area contributed by atoms with Crippen LogP contribution in [0.4, 0.5) is 5.69 Å². The lowest BCUT2D eigenvalue weighted by molar-refractivity contribution is -0.124. The highest BCUT2D eigenvalue weighted by molar-refractivity contribution is 7.92. The van der Waals surface area contributed by atoms with Crippen LogP contribution in [0.25, 0.3) is 0 Å². The Kier molecular flexibility index (Phi) is 6.46. The molecule has 11 heteroatoms. The summed E-state index contributed by atoms with van der Waals surface area (Å²) in [6, 6.07) is 12.1. The van der Waals surface area contributed by atoms with Crippen LogP contribution in [-0.4, -0.2) is 37.2 Å². The number of hydrogen-bond acceptors (Lipinski definition) is 7. The van der Waals surface area contributed by atoms with Crippen molar-refractivity contribution in [1.29, 1.82) is 5.41 Å². The fourth-order valence-electron chi connectivity index (χ4n) is 3.72. The SMILES string of the molecule is COc1ccc(S(=O)(=O)Nc2cnc3n(c2=O)[C@H](C(=O)NCc2ccc(C=N)cc2)CC3)cc1. The molecule has 0 radical (unpaired) electrons. The van der Waals surface area contributed by atoms with Crippen molar-refractivity contribution in [2.75, 3.05) is 11.8 Å². The summed E-state index contributed by atoms with van der Waals surface area (Å²) in [6.07, 6.45) is 3.22. The Hall–Kier alpha value is -3.99. The van der Waals surface area contributed by atoms with E-state index in [1.54, 1.807) is 12.1 Å². The van der Waals surface area contributed by atoms with E-state index in [2.05, 4.69) is 15.0 Å². The van der Waals surface area contributed by atoms with E-state index in [0.717, 1.165) is 11.1 Å². The van der Waals surface area contributed by atoms with Gasteiger partial charge in [-0.2, -0.15) is 0 Å². The van der Waals surface area contributed by atoms with Gasteiger partial charge in [-0.3, -0.25) is 18.9 Å². The maximum absolute atomic E-state index is 13.1. The van der Waals surface area contributed by atoms with Gasteiger partial charge >= 0.3 is 0 Å².